The third-order valence-electron chi connectivity index (χ3n) is 1.58. The van der Waals surface area contributed by atoms with Crippen LogP contribution in [0.2, 0.25) is 0 Å². The summed E-state index contributed by atoms with van der Waals surface area (Å²) in [5.41, 5.74) is 0.970. The van der Waals surface area contributed by atoms with E-state index < -0.39 is 5.97 Å². The fourth-order valence-corrected chi connectivity index (χ4v) is 1.32. The molecule has 0 amide bonds. The number of aromatic nitrogens is 3. The van der Waals surface area contributed by atoms with E-state index in [0.29, 0.717) is 15.8 Å². The van der Waals surface area contributed by atoms with Crippen LogP contribution in [0, 0.1) is 0 Å². The second-order valence-corrected chi connectivity index (χ2v) is 3.21. The third-order valence-corrected chi connectivity index (χ3v) is 1.96. The summed E-state index contributed by atoms with van der Waals surface area (Å²) in [6.45, 7) is 0. The van der Waals surface area contributed by atoms with Gasteiger partial charge in [-0.25, -0.2) is 14.8 Å². The van der Waals surface area contributed by atoms with Gasteiger partial charge in [0.2, 0.25) is 0 Å². The van der Waals surface area contributed by atoms with Gasteiger partial charge in [0.1, 0.15) is 15.7 Å². The van der Waals surface area contributed by atoms with Crippen molar-refractivity contribution in [1.82, 2.24) is 15.0 Å². The molecule has 5 nitrogen and oxygen atoms in total. The third kappa shape index (κ3) is 1.29. The zero-order valence-electron chi connectivity index (χ0n) is 6.28. The van der Waals surface area contributed by atoms with Crippen LogP contribution in [0.25, 0.3) is 11.2 Å². The topological polar surface area (TPSA) is 78.9 Å². The molecule has 0 aliphatic rings. The van der Waals surface area contributed by atoms with Gasteiger partial charge in [0.25, 0.3) is 0 Å². The summed E-state index contributed by atoms with van der Waals surface area (Å²) in [6.07, 6.45) is 2.84. The zero-order chi connectivity index (χ0) is 9.42. The van der Waals surface area contributed by atoms with E-state index in [1.54, 1.807) is 0 Å². The van der Waals surface area contributed by atoms with Gasteiger partial charge in [-0.15, -0.1) is 0 Å². The van der Waals surface area contributed by atoms with Gasteiger partial charge < -0.3 is 10.1 Å². The molecule has 0 saturated heterocycles. The van der Waals surface area contributed by atoms with Crippen LogP contribution in [-0.2, 0) is 0 Å². The van der Waals surface area contributed by atoms with Crippen LogP contribution in [0.5, 0.6) is 0 Å². The van der Waals surface area contributed by atoms with Gasteiger partial charge >= 0.3 is 5.97 Å². The molecule has 13 heavy (non-hydrogen) atoms. The molecule has 0 aromatic carbocycles. The molecule has 0 aliphatic heterocycles. The van der Waals surface area contributed by atoms with E-state index in [4.69, 9.17) is 5.11 Å². The first-order valence-corrected chi connectivity index (χ1v) is 4.20. The number of hydrogen-bond donors (Lipinski definition) is 2. The van der Waals surface area contributed by atoms with Crippen molar-refractivity contribution in [3.8, 4) is 0 Å². The van der Waals surface area contributed by atoms with Gasteiger partial charge in [0.05, 0.1) is 6.20 Å². The van der Waals surface area contributed by atoms with Gasteiger partial charge in [0.15, 0.2) is 5.65 Å². The molecule has 0 unspecified atom stereocenters. The van der Waals surface area contributed by atoms with Crippen LogP contribution < -0.4 is 0 Å². The maximum Gasteiger partial charge on any atom is 0.339 e. The summed E-state index contributed by atoms with van der Waals surface area (Å²) in [5.74, 6) is -1.01. The first-order chi connectivity index (χ1) is 6.18. The van der Waals surface area contributed by atoms with Crippen LogP contribution in [0.1, 0.15) is 10.4 Å². The number of nitrogens with zero attached hydrogens (tertiary/aromatic N) is 2. The number of hydrogen-bond acceptors (Lipinski definition) is 3. The molecule has 0 radical (unpaired) electrons. The van der Waals surface area contributed by atoms with Crippen molar-refractivity contribution < 1.29 is 9.90 Å². The fourth-order valence-electron chi connectivity index (χ4n) is 1.04. The Kier molecular flexibility index (Phi) is 1.77. The number of carbonyl (C=O) groups is 1. The predicted molar refractivity (Wildman–Crippen MR) is 48.5 cm³/mol. The molecule has 0 bridgehead atoms. The van der Waals surface area contributed by atoms with Crippen LogP contribution in [0.4, 0.5) is 0 Å². The molecule has 0 spiro atoms. The Balaban J connectivity index is 2.76. The number of carboxylic acid groups (broad SMARTS) is 1. The average Bonchev–Trinajstić information content (AvgIpc) is 2.46. The molecule has 0 atom stereocenters. The molecule has 2 aromatic rings. The fraction of sp³-hybridized carbons (Fsp3) is 0. The maximum atomic E-state index is 10.7. The van der Waals surface area contributed by atoms with Gasteiger partial charge in [-0.2, -0.15) is 0 Å². The van der Waals surface area contributed by atoms with Crippen molar-refractivity contribution >= 4 is 33.1 Å². The lowest BCUT2D eigenvalue weighted by Crippen LogP contribution is -1.95. The van der Waals surface area contributed by atoms with E-state index >= 15 is 0 Å². The average molecular weight is 242 g/mol. The number of carboxylic acids is 1. The summed E-state index contributed by atoms with van der Waals surface area (Å²) >= 11 is 3.14. The van der Waals surface area contributed by atoms with Crippen LogP contribution >= 0.6 is 15.9 Å². The van der Waals surface area contributed by atoms with Gasteiger partial charge in [0, 0.05) is 6.20 Å². The molecule has 2 aromatic heterocycles. The number of aromatic amines is 1. The minimum Gasteiger partial charge on any atom is -0.478 e. The lowest BCUT2D eigenvalue weighted by Gasteiger charge is -1.90. The van der Waals surface area contributed by atoms with E-state index in [1.165, 1.54) is 12.4 Å². The molecule has 6 heteroatoms. The lowest BCUT2D eigenvalue weighted by atomic mass is 10.3. The molecule has 0 aliphatic carbocycles. The summed E-state index contributed by atoms with van der Waals surface area (Å²) in [6, 6.07) is 0. The van der Waals surface area contributed by atoms with Gasteiger partial charge in [-0.3, -0.25) is 0 Å². The van der Waals surface area contributed by atoms with Gasteiger partial charge in [-0.1, -0.05) is 0 Å². The SMILES string of the molecule is O=C(O)c1c[nH]c2nc(Br)cnc12. The van der Waals surface area contributed by atoms with Crippen molar-refractivity contribution in [2.24, 2.45) is 0 Å². The minimum atomic E-state index is -1.01. The Morgan fingerprint density at radius 3 is 3.08 bits per heavy atom. The van der Waals surface area contributed by atoms with Crippen LogP contribution in [-0.4, -0.2) is 26.0 Å². The number of fused-ring (bicyclic) bond motifs is 1. The zero-order valence-corrected chi connectivity index (χ0v) is 7.87. The highest BCUT2D eigenvalue weighted by molar-refractivity contribution is 9.10. The molecule has 0 fully saturated rings. The van der Waals surface area contributed by atoms with Crippen LogP contribution in [0.15, 0.2) is 17.0 Å². The first kappa shape index (κ1) is 8.18. The standard InChI is InChI=1S/C7H4BrN3O2/c8-4-2-9-5-3(7(12)13)1-10-6(5)11-4/h1-2H,(H,10,11)(H,12,13). The summed E-state index contributed by atoms with van der Waals surface area (Å²) in [7, 11) is 0. The number of H-pyrrole nitrogens is 1. The number of halogens is 1. The Morgan fingerprint density at radius 2 is 2.38 bits per heavy atom. The highest BCUT2D eigenvalue weighted by Gasteiger charge is 2.12. The Labute approximate surface area is 80.9 Å². The van der Waals surface area contributed by atoms with Crippen molar-refractivity contribution in [2.75, 3.05) is 0 Å². The largest absolute Gasteiger partial charge is 0.478 e. The monoisotopic (exact) mass is 241 g/mol. The quantitative estimate of drug-likeness (QED) is 0.792. The lowest BCUT2D eigenvalue weighted by molar-refractivity contribution is 0.0699. The Hall–Kier alpha value is -1.43. The van der Waals surface area contributed by atoms with Crippen molar-refractivity contribution in [3.63, 3.8) is 0 Å². The second kappa shape index (κ2) is 2.81. The van der Waals surface area contributed by atoms with Gasteiger partial charge in [-0.05, 0) is 15.9 Å². The number of aromatic carboxylic acids is 1. The van der Waals surface area contributed by atoms with Crippen molar-refractivity contribution in [1.29, 1.82) is 0 Å². The highest BCUT2D eigenvalue weighted by atomic mass is 79.9. The van der Waals surface area contributed by atoms with E-state index in [1.807, 2.05) is 0 Å². The van der Waals surface area contributed by atoms with Crippen molar-refractivity contribution in [2.45, 2.75) is 0 Å². The summed E-state index contributed by atoms with van der Waals surface area (Å²) in [4.78, 5) is 21.3. The molecule has 2 N–H and O–H groups in total. The number of nitrogens with one attached hydrogen (secondary N) is 1. The first-order valence-electron chi connectivity index (χ1n) is 3.41. The predicted octanol–water partition coefficient (Wildman–Crippen LogP) is 1.42. The molecule has 0 saturated carbocycles. The van der Waals surface area contributed by atoms with Crippen molar-refractivity contribution in [3.05, 3.63) is 22.6 Å². The molecular formula is C7H4BrN3O2. The molecular weight excluding hydrogens is 238 g/mol. The maximum absolute atomic E-state index is 10.7. The smallest absolute Gasteiger partial charge is 0.339 e. The summed E-state index contributed by atoms with van der Waals surface area (Å²) in [5, 5.41) is 8.74. The van der Waals surface area contributed by atoms with E-state index in [2.05, 4.69) is 30.9 Å². The van der Waals surface area contributed by atoms with E-state index in [0.717, 1.165) is 0 Å². The second-order valence-electron chi connectivity index (χ2n) is 2.40. The molecule has 2 heterocycles. The number of rotatable bonds is 1. The van der Waals surface area contributed by atoms with E-state index in [-0.39, 0.29) is 5.56 Å². The van der Waals surface area contributed by atoms with E-state index in [9.17, 15) is 4.79 Å². The highest BCUT2D eigenvalue weighted by Crippen LogP contribution is 2.15. The molecule has 2 rings (SSSR count). The Bertz CT molecular complexity index is 480. The molecule has 66 valence electrons. The summed E-state index contributed by atoms with van der Waals surface area (Å²) < 4.78 is 0.568. The minimum absolute atomic E-state index is 0.134. The normalized spacial score (nSPS) is 10.5. The Morgan fingerprint density at radius 1 is 1.62 bits per heavy atom. The van der Waals surface area contributed by atoms with Crippen LogP contribution in [0.3, 0.4) is 0 Å².